The molecule has 0 unspecified atom stereocenters. The lowest BCUT2D eigenvalue weighted by Crippen LogP contribution is -2.07. The quantitative estimate of drug-likeness (QED) is 0.772. The van der Waals surface area contributed by atoms with Crippen molar-refractivity contribution in [3.8, 4) is 5.75 Å². The Morgan fingerprint density at radius 2 is 1.82 bits per heavy atom. The summed E-state index contributed by atoms with van der Waals surface area (Å²) in [5.41, 5.74) is 0. The molecule has 0 atom stereocenters. The fourth-order valence-corrected chi connectivity index (χ4v) is 1.46. The van der Waals surface area contributed by atoms with Crippen molar-refractivity contribution in [3.63, 3.8) is 0 Å². The molecule has 17 heavy (non-hydrogen) atoms. The third kappa shape index (κ3) is 4.15. The van der Waals surface area contributed by atoms with Gasteiger partial charge >= 0.3 is 0 Å². The topological polar surface area (TPSA) is 34.1 Å². The van der Waals surface area contributed by atoms with E-state index in [-0.39, 0.29) is 0 Å². The molecule has 2 aromatic rings. The summed E-state index contributed by atoms with van der Waals surface area (Å²) < 4.78 is 5.58. The van der Waals surface area contributed by atoms with Crippen LogP contribution in [0, 0.1) is 0 Å². The number of hydrogen-bond donors (Lipinski definition) is 1. The molecule has 1 heterocycles. The van der Waals surface area contributed by atoms with Gasteiger partial charge in [-0.15, -0.1) is 0 Å². The van der Waals surface area contributed by atoms with Crippen molar-refractivity contribution in [2.45, 2.75) is 6.42 Å². The number of benzene rings is 1. The molecule has 0 aliphatic carbocycles. The first kappa shape index (κ1) is 11.5. The average Bonchev–Trinajstić information content (AvgIpc) is 2.41. The molecule has 0 radical (unpaired) electrons. The molecule has 0 fully saturated rings. The molecule has 0 aliphatic rings. The summed E-state index contributed by atoms with van der Waals surface area (Å²) in [5, 5.41) is 3.24. The van der Waals surface area contributed by atoms with Gasteiger partial charge in [-0.05, 0) is 30.7 Å². The van der Waals surface area contributed by atoms with Gasteiger partial charge in [0.15, 0.2) is 0 Å². The van der Waals surface area contributed by atoms with E-state index in [4.69, 9.17) is 4.74 Å². The first-order valence-corrected chi connectivity index (χ1v) is 5.78. The highest BCUT2D eigenvalue weighted by Gasteiger charge is 1.93. The normalized spacial score (nSPS) is 9.88. The van der Waals surface area contributed by atoms with Crippen LogP contribution in [0.15, 0.2) is 54.7 Å². The van der Waals surface area contributed by atoms with Crippen LogP contribution in [0.25, 0.3) is 0 Å². The van der Waals surface area contributed by atoms with E-state index in [1.54, 1.807) is 6.20 Å². The molecule has 0 saturated carbocycles. The predicted molar refractivity (Wildman–Crippen MR) is 69.3 cm³/mol. The van der Waals surface area contributed by atoms with E-state index in [2.05, 4.69) is 10.3 Å². The van der Waals surface area contributed by atoms with E-state index in [0.717, 1.165) is 24.5 Å². The summed E-state index contributed by atoms with van der Waals surface area (Å²) in [6, 6.07) is 15.7. The van der Waals surface area contributed by atoms with Crippen LogP contribution < -0.4 is 10.1 Å². The summed E-state index contributed by atoms with van der Waals surface area (Å²) in [7, 11) is 0. The molecule has 0 bridgehead atoms. The van der Waals surface area contributed by atoms with Gasteiger partial charge in [-0.2, -0.15) is 0 Å². The summed E-state index contributed by atoms with van der Waals surface area (Å²) in [6.45, 7) is 1.58. The van der Waals surface area contributed by atoms with E-state index >= 15 is 0 Å². The summed E-state index contributed by atoms with van der Waals surface area (Å²) in [4.78, 5) is 4.18. The fraction of sp³-hybridized carbons (Fsp3) is 0.214. The molecule has 1 N–H and O–H groups in total. The van der Waals surface area contributed by atoms with E-state index in [0.29, 0.717) is 6.61 Å². The van der Waals surface area contributed by atoms with Crippen LogP contribution in [0.4, 0.5) is 5.82 Å². The molecule has 3 nitrogen and oxygen atoms in total. The van der Waals surface area contributed by atoms with E-state index in [1.807, 2.05) is 48.5 Å². The maximum Gasteiger partial charge on any atom is 0.125 e. The summed E-state index contributed by atoms with van der Waals surface area (Å²) in [6.07, 6.45) is 2.73. The van der Waals surface area contributed by atoms with Crippen molar-refractivity contribution in [1.82, 2.24) is 4.98 Å². The number of nitrogens with zero attached hydrogens (tertiary/aromatic N) is 1. The Balaban J connectivity index is 1.61. The van der Waals surface area contributed by atoms with Crippen molar-refractivity contribution in [2.75, 3.05) is 18.5 Å². The zero-order valence-corrected chi connectivity index (χ0v) is 9.67. The Hall–Kier alpha value is -2.03. The molecular formula is C14H16N2O. The van der Waals surface area contributed by atoms with Crippen LogP contribution in [0.5, 0.6) is 5.75 Å². The van der Waals surface area contributed by atoms with Gasteiger partial charge in [-0.1, -0.05) is 24.3 Å². The lowest BCUT2D eigenvalue weighted by molar-refractivity contribution is 0.315. The third-order valence-corrected chi connectivity index (χ3v) is 2.30. The van der Waals surface area contributed by atoms with Gasteiger partial charge in [-0.25, -0.2) is 4.98 Å². The maximum absolute atomic E-state index is 5.58. The molecule has 88 valence electrons. The van der Waals surface area contributed by atoms with Gasteiger partial charge in [0, 0.05) is 12.7 Å². The zero-order chi connectivity index (χ0) is 11.8. The van der Waals surface area contributed by atoms with Gasteiger partial charge in [0.25, 0.3) is 0 Å². The van der Waals surface area contributed by atoms with Crippen LogP contribution in [0.2, 0.25) is 0 Å². The molecule has 0 saturated heterocycles. The van der Waals surface area contributed by atoms with E-state index in [9.17, 15) is 0 Å². The largest absolute Gasteiger partial charge is 0.494 e. The lowest BCUT2D eigenvalue weighted by atomic mass is 10.3. The van der Waals surface area contributed by atoms with Crippen LogP contribution in [-0.4, -0.2) is 18.1 Å². The standard InChI is InChI=1S/C14H16N2O/c1-2-7-13(8-3-1)17-12-6-11-16-14-9-4-5-10-15-14/h1-5,7-10H,6,11-12H2,(H,15,16). The molecule has 0 amide bonds. The number of para-hydroxylation sites is 1. The SMILES string of the molecule is c1ccc(OCCCNc2ccccn2)cc1. The van der Waals surface area contributed by atoms with Crippen molar-refractivity contribution in [1.29, 1.82) is 0 Å². The highest BCUT2D eigenvalue weighted by molar-refractivity contribution is 5.32. The van der Waals surface area contributed by atoms with Gasteiger partial charge in [0.05, 0.1) is 6.61 Å². The number of aromatic nitrogens is 1. The van der Waals surface area contributed by atoms with Gasteiger partial charge in [0.2, 0.25) is 0 Å². The molecule has 1 aromatic heterocycles. The molecule has 3 heteroatoms. The monoisotopic (exact) mass is 228 g/mol. The maximum atomic E-state index is 5.58. The minimum absolute atomic E-state index is 0.712. The fourth-order valence-electron chi connectivity index (χ4n) is 1.46. The Kier molecular flexibility index (Phi) is 4.40. The highest BCUT2D eigenvalue weighted by Crippen LogP contribution is 2.08. The molecular weight excluding hydrogens is 212 g/mol. The van der Waals surface area contributed by atoms with Crippen molar-refractivity contribution in [3.05, 3.63) is 54.7 Å². The number of pyridine rings is 1. The molecule has 0 aliphatic heterocycles. The molecule has 1 aromatic carbocycles. The van der Waals surface area contributed by atoms with E-state index in [1.165, 1.54) is 0 Å². The van der Waals surface area contributed by atoms with Crippen LogP contribution in [-0.2, 0) is 0 Å². The number of anilines is 1. The number of ether oxygens (including phenoxy) is 1. The number of rotatable bonds is 6. The van der Waals surface area contributed by atoms with Crippen molar-refractivity contribution < 1.29 is 4.74 Å². The van der Waals surface area contributed by atoms with Gasteiger partial charge < -0.3 is 10.1 Å². The Labute approximate surface area is 101 Å². The predicted octanol–water partition coefficient (Wildman–Crippen LogP) is 2.96. The van der Waals surface area contributed by atoms with Crippen molar-refractivity contribution in [2.24, 2.45) is 0 Å². The zero-order valence-electron chi connectivity index (χ0n) is 9.67. The second kappa shape index (κ2) is 6.53. The van der Waals surface area contributed by atoms with Crippen molar-refractivity contribution >= 4 is 5.82 Å². The molecule has 0 spiro atoms. The number of hydrogen-bond acceptors (Lipinski definition) is 3. The Morgan fingerprint density at radius 1 is 1.00 bits per heavy atom. The minimum Gasteiger partial charge on any atom is -0.494 e. The second-order valence-electron chi connectivity index (χ2n) is 3.66. The first-order chi connectivity index (χ1) is 8.45. The highest BCUT2D eigenvalue weighted by atomic mass is 16.5. The Bertz CT molecular complexity index is 375. The third-order valence-electron chi connectivity index (χ3n) is 2.30. The summed E-state index contributed by atoms with van der Waals surface area (Å²) >= 11 is 0. The minimum atomic E-state index is 0.712. The van der Waals surface area contributed by atoms with E-state index < -0.39 is 0 Å². The Morgan fingerprint density at radius 3 is 2.59 bits per heavy atom. The van der Waals surface area contributed by atoms with Gasteiger partial charge in [-0.3, -0.25) is 0 Å². The molecule has 2 rings (SSSR count). The first-order valence-electron chi connectivity index (χ1n) is 5.78. The lowest BCUT2D eigenvalue weighted by Gasteiger charge is -2.07. The van der Waals surface area contributed by atoms with Crippen LogP contribution >= 0.6 is 0 Å². The average molecular weight is 228 g/mol. The number of nitrogens with one attached hydrogen (secondary N) is 1. The van der Waals surface area contributed by atoms with Crippen LogP contribution in [0.1, 0.15) is 6.42 Å². The van der Waals surface area contributed by atoms with Crippen LogP contribution in [0.3, 0.4) is 0 Å². The smallest absolute Gasteiger partial charge is 0.125 e. The second-order valence-corrected chi connectivity index (χ2v) is 3.66. The van der Waals surface area contributed by atoms with Gasteiger partial charge in [0.1, 0.15) is 11.6 Å². The summed E-state index contributed by atoms with van der Waals surface area (Å²) in [5.74, 6) is 1.83.